The number of rotatable bonds is 2. The van der Waals surface area contributed by atoms with Crippen molar-refractivity contribution >= 4 is 43.6 Å². The highest BCUT2D eigenvalue weighted by Gasteiger charge is 2.09. The number of aliphatic hydroxyl groups excluding tert-OH is 1. The zero-order chi connectivity index (χ0) is 10.1. The quantitative estimate of drug-likeness (QED) is 0.852. The molecule has 0 spiro atoms. The Kier molecular flexibility index (Phi) is 2.67. The summed E-state index contributed by atoms with van der Waals surface area (Å²) < 4.78 is 1.95. The summed E-state index contributed by atoms with van der Waals surface area (Å²) in [6.07, 6.45) is 0.825. The van der Waals surface area contributed by atoms with Gasteiger partial charge in [-0.1, -0.05) is 12.1 Å². The molecule has 0 saturated carbocycles. The van der Waals surface area contributed by atoms with E-state index in [-0.39, 0.29) is 6.61 Å². The maximum absolute atomic E-state index is 10.6. The summed E-state index contributed by atoms with van der Waals surface area (Å²) in [6, 6.07) is 5.45. The Balaban J connectivity index is 2.74. The first-order chi connectivity index (χ1) is 6.76. The Morgan fingerprint density at radius 2 is 2.29 bits per heavy atom. The largest absolute Gasteiger partial charge is 0.392 e. The second-order valence-electron chi connectivity index (χ2n) is 2.89. The lowest BCUT2D eigenvalue weighted by Gasteiger charge is -1.94. The van der Waals surface area contributed by atoms with Crippen LogP contribution in [0.1, 0.15) is 15.9 Å². The fourth-order valence-electron chi connectivity index (χ4n) is 1.36. The molecule has 4 heteroatoms. The summed E-state index contributed by atoms with van der Waals surface area (Å²) >= 11 is 4.92. The van der Waals surface area contributed by atoms with Gasteiger partial charge in [0.15, 0.2) is 0 Å². The average molecular weight is 271 g/mol. The lowest BCUT2D eigenvalue weighted by Crippen LogP contribution is -1.81. The van der Waals surface area contributed by atoms with E-state index in [0.717, 1.165) is 25.7 Å². The molecule has 72 valence electrons. The molecule has 0 bridgehead atoms. The molecule has 14 heavy (non-hydrogen) atoms. The second-order valence-corrected chi connectivity index (χ2v) is 5.26. The van der Waals surface area contributed by atoms with E-state index in [9.17, 15) is 4.79 Å². The maximum Gasteiger partial charge on any atom is 0.150 e. The van der Waals surface area contributed by atoms with Crippen LogP contribution in [0.15, 0.2) is 22.0 Å². The molecule has 0 atom stereocenters. The lowest BCUT2D eigenvalue weighted by atomic mass is 10.1. The van der Waals surface area contributed by atoms with Crippen molar-refractivity contribution in [1.29, 1.82) is 0 Å². The van der Waals surface area contributed by atoms with Gasteiger partial charge in [-0.15, -0.1) is 11.3 Å². The van der Waals surface area contributed by atoms with Crippen LogP contribution in [0.4, 0.5) is 0 Å². The number of aliphatic hydroxyl groups is 1. The minimum absolute atomic E-state index is 0.0149. The summed E-state index contributed by atoms with van der Waals surface area (Å²) in [5.74, 6) is 0. The van der Waals surface area contributed by atoms with Gasteiger partial charge in [0.05, 0.1) is 10.4 Å². The first-order valence-corrected chi connectivity index (χ1v) is 5.64. The van der Waals surface area contributed by atoms with Crippen molar-refractivity contribution in [2.75, 3.05) is 0 Å². The molecule has 0 aliphatic heterocycles. The molecule has 2 nitrogen and oxygen atoms in total. The molecule has 2 aromatic rings. The van der Waals surface area contributed by atoms with Gasteiger partial charge >= 0.3 is 0 Å². The average Bonchev–Trinajstić information content (AvgIpc) is 2.51. The highest BCUT2D eigenvalue weighted by molar-refractivity contribution is 9.11. The van der Waals surface area contributed by atoms with E-state index in [2.05, 4.69) is 15.9 Å². The predicted octanol–water partition coefficient (Wildman–Crippen LogP) is 2.97. The molecule has 0 aliphatic rings. The Morgan fingerprint density at radius 3 is 2.93 bits per heavy atom. The smallest absolute Gasteiger partial charge is 0.150 e. The fraction of sp³-hybridized carbons (Fsp3) is 0.100. The normalized spacial score (nSPS) is 10.7. The van der Waals surface area contributed by atoms with Crippen LogP contribution in [0, 0.1) is 0 Å². The van der Waals surface area contributed by atoms with Gasteiger partial charge in [-0.05, 0) is 27.4 Å². The molecule has 1 aromatic heterocycles. The van der Waals surface area contributed by atoms with Crippen molar-refractivity contribution < 1.29 is 9.90 Å². The first-order valence-electron chi connectivity index (χ1n) is 4.03. The van der Waals surface area contributed by atoms with E-state index in [1.807, 2.05) is 12.1 Å². The standard InChI is InChI=1S/C10H7BrO2S/c11-10-8(5-13)7-2-1-6(4-12)3-9(7)14-10/h1-4,13H,5H2. The van der Waals surface area contributed by atoms with Crippen molar-refractivity contribution in [3.8, 4) is 0 Å². The van der Waals surface area contributed by atoms with Gasteiger partial charge in [-0.2, -0.15) is 0 Å². The number of hydrogen-bond acceptors (Lipinski definition) is 3. The van der Waals surface area contributed by atoms with Crippen molar-refractivity contribution in [3.63, 3.8) is 0 Å². The molecule has 0 saturated heterocycles. The van der Waals surface area contributed by atoms with Crippen LogP contribution < -0.4 is 0 Å². The van der Waals surface area contributed by atoms with Gasteiger partial charge < -0.3 is 5.11 Å². The van der Waals surface area contributed by atoms with Crippen LogP contribution in [0.25, 0.3) is 10.1 Å². The highest BCUT2D eigenvalue weighted by Crippen LogP contribution is 2.35. The van der Waals surface area contributed by atoms with Crippen LogP contribution in [-0.2, 0) is 6.61 Å². The Labute approximate surface area is 93.3 Å². The number of thiophene rings is 1. The zero-order valence-corrected chi connectivity index (χ0v) is 9.56. The van der Waals surface area contributed by atoms with Crippen LogP contribution >= 0.6 is 27.3 Å². The minimum Gasteiger partial charge on any atom is -0.392 e. The van der Waals surface area contributed by atoms with E-state index in [0.29, 0.717) is 5.56 Å². The molecule has 1 aromatic carbocycles. The van der Waals surface area contributed by atoms with E-state index < -0.39 is 0 Å². The van der Waals surface area contributed by atoms with Crippen LogP contribution in [0.3, 0.4) is 0 Å². The number of carbonyl (C=O) groups excluding carboxylic acids is 1. The monoisotopic (exact) mass is 270 g/mol. The van der Waals surface area contributed by atoms with Crippen molar-refractivity contribution in [3.05, 3.63) is 33.1 Å². The topological polar surface area (TPSA) is 37.3 Å². The van der Waals surface area contributed by atoms with Crippen molar-refractivity contribution in [1.82, 2.24) is 0 Å². The van der Waals surface area contributed by atoms with E-state index in [4.69, 9.17) is 5.11 Å². The van der Waals surface area contributed by atoms with Crippen LogP contribution in [0.2, 0.25) is 0 Å². The van der Waals surface area contributed by atoms with Gasteiger partial charge in [-0.3, -0.25) is 4.79 Å². The zero-order valence-electron chi connectivity index (χ0n) is 7.16. The minimum atomic E-state index is 0.0149. The molecule has 0 radical (unpaired) electrons. The SMILES string of the molecule is O=Cc1ccc2c(CO)c(Br)sc2c1. The number of hydrogen-bond donors (Lipinski definition) is 1. The van der Waals surface area contributed by atoms with Crippen LogP contribution in [-0.4, -0.2) is 11.4 Å². The number of fused-ring (bicyclic) bond motifs is 1. The molecule has 0 fully saturated rings. The summed E-state index contributed by atoms with van der Waals surface area (Å²) in [6.45, 7) is 0.0149. The number of benzene rings is 1. The van der Waals surface area contributed by atoms with E-state index in [1.165, 1.54) is 11.3 Å². The van der Waals surface area contributed by atoms with Gasteiger partial charge in [-0.25, -0.2) is 0 Å². The highest BCUT2D eigenvalue weighted by atomic mass is 79.9. The Morgan fingerprint density at radius 1 is 1.50 bits per heavy atom. The van der Waals surface area contributed by atoms with Crippen LogP contribution in [0.5, 0.6) is 0 Å². The second kappa shape index (κ2) is 3.81. The van der Waals surface area contributed by atoms with Gasteiger partial charge in [0, 0.05) is 15.8 Å². The number of carbonyl (C=O) groups is 1. The van der Waals surface area contributed by atoms with Crippen molar-refractivity contribution in [2.45, 2.75) is 6.61 Å². The summed E-state index contributed by atoms with van der Waals surface area (Å²) in [4.78, 5) is 10.6. The van der Waals surface area contributed by atoms with Gasteiger partial charge in [0.25, 0.3) is 0 Å². The third kappa shape index (κ3) is 1.49. The molecule has 1 N–H and O–H groups in total. The molecule has 0 unspecified atom stereocenters. The Bertz CT molecular complexity index is 490. The lowest BCUT2D eigenvalue weighted by molar-refractivity contribution is 0.112. The maximum atomic E-state index is 10.6. The number of aldehydes is 1. The summed E-state index contributed by atoms with van der Waals surface area (Å²) in [5.41, 5.74) is 1.55. The van der Waals surface area contributed by atoms with E-state index >= 15 is 0 Å². The van der Waals surface area contributed by atoms with Gasteiger partial charge in [0.2, 0.25) is 0 Å². The predicted molar refractivity (Wildman–Crippen MR) is 60.8 cm³/mol. The first kappa shape index (κ1) is 9.83. The molecule has 0 amide bonds. The number of halogens is 1. The summed E-state index contributed by atoms with van der Waals surface area (Å²) in [5, 5.41) is 10.1. The van der Waals surface area contributed by atoms with Crippen molar-refractivity contribution in [2.24, 2.45) is 0 Å². The van der Waals surface area contributed by atoms with E-state index in [1.54, 1.807) is 6.07 Å². The summed E-state index contributed by atoms with van der Waals surface area (Å²) in [7, 11) is 0. The van der Waals surface area contributed by atoms with Gasteiger partial charge in [0.1, 0.15) is 6.29 Å². The molecule has 2 rings (SSSR count). The third-order valence-corrected chi connectivity index (χ3v) is 4.01. The third-order valence-electron chi connectivity index (χ3n) is 2.06. The molecule has 0 aliphatic carbocycles. The molecular weight excluding hydrogens is 264 g/mol. The fourth-order valence-corrected chi connectivity index (χ4v) is 3.21. The molecular formula is C10H7BrO2S. The molecule has 1 heterocycles. The Hall–Kier alpha value is -0.710.